The Morgan fingerprint density at radius 2 is 1.80 bits per heavy atom. The molecule has 0 saturated heterocycles. The average Bonchev–Trinajstić information content (AvgIpc) is 2.70. The topological polar surface area (TPSA) is 74.2 Å². The van der Waals surface area contributed by atoms with Gasteiger partial charge in [-0.15, -0.1) is 0 Å². The second-order valence-corrected chi connectivity index (χ2v) is 8.10. The van der Waals surface area contributed by atoms with Crippen molar-refractivity contribution in [3.63, 3.8) is 0 Å². The van der Waals surface area contributed by atoms with Gasteiger partial charge in [0.2, 0.25) is 0 Å². The third-order valence-corrected chi connectivity index (χ3v) is 4.67. The molecule has 0 radical (unpaired) electrons. The first-order valence-electron chi connectivity index (χ1n) is 9.81. The molecule has 2 aromatic carbocycles. The number of aliphatic hydroxyl groups is 1. The number of esters is 1. The molecule has 6 heteroatoms. The molecule has 0 saturated carbocycles. The fourth-order valence-electron chi connectivity index (χ4n) is 3.34. The first-order chi connectivity index (χ1) is 14.2. The fourth-order valence-corrected chi connectivity index (χ4v) is 3.34. The van der Waals surface area contributed by atoms with Crippen molar-refractivity contribution < 1.29 is 28.8 Å². The Kier molecular flexibility index (Phi) is 6.37. The van der Waals surface area contributed by atoms with Crippen LogP contribution in [-0.2, 0) is 9.53 Å². The van der Waals surface area contributed by atoms with Gasteiger partial charge < -0.3 is 24.1 Å². The number of para-hydroxylation sites is 1. The summed E-state index contributed by atoms with van der Waals surface area (Å²) in [6, 6.07) is 12.9. The normalized spacial score (nSPS) is 16.6. The van der Waals surface area contributed by atoms with Crippen LogP contribution in [0.1, 0.15) is 44.4 Å². The minimum atomic E-state index is -1.06. The molecule has 160 valence electrons. The number of carbonyl (C=O) groups excluding carboxylic acids is 1. The highest BCUT2D eigenvalue weighted by Crippen LogP contribution is 2.44. The van der Waals surface area contributed by atoms with Crippen LogP contribution in [0.25, 0.3) is 6.08 Å². The maximum atomic E-state index is 12.3. The summed E-state index contributed by atoms with van der Waals surface area (Å²) in [6.45, 7) is 5.38. The number of hydrogen-bond acceptors (Lipinski definition) is 6. The number of ether oxygens (including phenoxy) is 4. The van der Waals surface area contributed by atoms with E-state index in [0.29, 0.717) is 22.8 Å². The summed E-state index contributed by atoms with van der Waals surface area (Å²) < 4.78 is 22.3. The van der Waals surface area contributed by atoms with Gasteiger partial charge in [0.15, 0.2) is 11.5 Å². The molecule has 0 bridgehead atoms. The van der Waals surface area contributed by atoms with E-state index in [9.17, 15) is 9.90 Å². The van der Waals surface area contributed by atoms with Gasteiger partial charge in [-0.2, -0.15) is 0 Å². The SMILES string of the molecule is COc1ccc([C@H]2Oc3c(cccc3OC)C=C2[C@@H](O)CC(=O)OC(C)(C)C)cc1. The average molecular weight is 412 g/mol. The molecular weight excluding hydrogens is 384 g/mol. The van der Waals surface area contributed by atoms with E-state index in [1.165, 1.54) is 0 Å². The quantitative estimate of drug-likeness (QED) is 0.713. The van der Waals surface area contributed by atoms with Gasteiger partial charge in [0.25, 0.3) is 0 Å². The highest BCUT2D eigenvalue weighted by atomic mass is 16.6. The Labute approximate surface area is 177 Å². The number of aliphatic hydroxyl groups excluding tert-OH is 1. The van der Waals surface area contributed by atoms with Crippen molar-refractivity contribution in [3.05, 3.63) is 59.2 Å². The van der Waals surface area contributed by atoms with E-state index >= 15 is 0 Å². The summed E-state index contributed by atoms with van der Waals surface area (Å²) in [7, 11) is 3.18. The number of fused-ring (bicyclic) bond motifs is 1. The second kappa shape index (κ2) is 8.79. The van der Waals surface area contributed by atoms with Crippen LogP contribution in [0.15, 0.2) is 48.0 Å². The zero-order valence-corrected chi connectivity index (χ0v) is 18.0. The van der Waals surface area contributed by atoms with Gasteiger partial charge in [-0.25, -0.2) is 0 Å². The predicted octanol–water partition coefficient (Wildman–Crippen LogP) is 4.31. The predicted molar refractivity (Wildman–Crippen MR) is 114 cm³/mol. The van der Waals surface area contributed by atoms with Crippen LogP contribution in [0.2, 0.25) is 0 Å². The summed E-state index contributed by atoms with van der Waals surface area (Å²) in [5.74, 6) is 1.44. The summed E-state index contributed by atoms with van der Waals surface area (Å²) >= 11 is 0. The number of methoxy groups -OCH3 is 2. The van der Waals surface area contributed by atoms with E-state index in [1.54, 1.807) is 35.0 Å². The first-order valence-corrected chi connectivity index (χ1v) is 9.81. The molecule has 0 unspecified atom stereocenters. The van der Waals surface area contributed by atoms with Crippen LogP contribution in [0.4, 0.5) is 0 Å². The van der Waals surface area contributed by atoms with Crippen molar-refractivity contribution in [2.45, 2.75) is 45.0 Å². The molecule has 2 atom stereocenters. The van der Waals surface area contributed by atoms with Gasteiger partial charge in [-0.1, -0.05) is 24.3 Å². The van der Waals surface area contributed by atoms with Crippen LogP contribution in [0.5, 0.6) is 17.2 Å². The largest absolute Gasteiger partial charge is 0.497 e. The number of carbonyl (C=O) groups is 1. The maximum absolute atomic E-state index is 12.3. The minimum Gasteiger partial charge on any atom is -0.497 e. The Balaban J connectivity index is 1.97. The van der Waals surface area contributed by atoms with Gasteiger partial charge in [0, 0.05) is 11.1 Å². The standard InChI is InChI=1S/C24H28O6/c1-24(2,3)30-21(26)14-19(25)18-13-16-7-6-8-20(28-5)23(16)29-22(18)15-9-11-17(27-4)12-10-15/h6-13,19,22,25H,14H2,1-5H3/t19-,22+/m0/s1. The van der Waals surface area contributed by atoms with E-state index in [4.69, 9.17) is 18.9 Å². The minimum absolute atomic E-state index is 0.168. The Hall–Kier alpha value is -2.99. The Morgan fingerprint density at radius 3 is 2.40 bits per heavy atom. The molecule has 2 aromatic rings. The number of rotatable bonds is 6. The van der Waals surface area contributed by atoms with Gasteiger partial charge in [-0.3, -0.25) is 4.79 Å². The molecule has 0 amide bonds. The van der Waals surface area contributed by atoms with Crippen molar-refractivity contribution >= 4 is 12.0 Å². The molecule has 0 aromatic heterocycles. The van der Waals surface area contributed by atoms with Crippen LogP contribution in [0.3, 0.4) is 0 Å². The molecule has 3 rings (SSSR count). The summed E-state index contributed by atoms with van der Waals surface area (Å²) in [6.07, 6.45) is 0.0346. The molecule has 1 N–H and O–H groups in total. The number of benzene rings is 2. The fraction of sp³-hybridized carbons (Fsp3) is 0.375. The molecule has 1 aliphatic heterocycles. The third kappa shape index (κ3) is 4.94. The number of hydrogen-bond donors (Lipinski definition) is 1. The van der Waals surface area contributed by atoms with Crippen LogP contribution < -0.4 is 14.2 Å². The molecular formula is C24H28O6. The van der Waals surface area contributed by atoms with Crippen molar-refractivity contribution in [1.29, 1.82) is 0 Å². The van der Waals surface area contributed by atoms with Crippen LogP contribution in [0, 0.1) is 0 Å². The van der Waals surface area contributed by atoms with Crippen LogP contribution in [-0.4, -0.2) is 37.0 Å². The zero-order valence-electron chi connectivity index (χ0n) is 18.0. The first kappa shape index (κ1) is 21.7. The van der Waals surface area contributed by atoms with E-state index in [0.717, 1.165) is 11.1 Å². The molecule has 30 heavy (non-hydrogen) atoms. The molecule has 0 spiro atoms. The highest BCUT2D eigenvalue weighted by Gasteiger charge is 2.32. The Morgan fingerprint density at radius 1 is 1.10 bits per heavy atom. The van der Waals surface area contributed by atoms with E-state index in [-0.39, 0.29) is 6.42 Å². The monoisotopic (exact) mass is 412 g/mol. The van der Waals surface area contributed by atoms with Crippen LogP contribution >= 0.6 is 0 Å². The van der Waals surface area contributed by atoms with Crippen molar-refractivity contribution in [1.82, 2.24) is 0 Å². The highest BCUT2D eigenvalue weighted by molar-refractivity contribution is 5.73. The van der Waals surface area contributed by atoms with Gasteiger partial charge in [-0.05, 0) is 50.6 Å². The van der Waals surface area contributed by atoms with E-state index in [2.05, 4.69) is 0 Å². The lowest BCUT2D eigenvalue weighted by molar-refractivity contribution is -0.156. The van der Waals surface area contributed by atoms with Gasteiger partial charge in [0.05, 0.1) is 26.7 Å². The molecule has 6 nitrogen and oxygen atoms in total. The molecule has 0 aliphatic carbocycles. The maximum Gasteiger partial charge on any atom is 0.309 e. The summed E-state index contributed by atoms with van der Waals surface area (Å²) in [4.78, 5) is 12.3. The van der Waals surface area contributed by atoms with E-state index < -0.39 is 23.8 Å². The van der Waals surface area contributed by atoms with E-state index in [1.807, 2.05) is 48.5 Å². The molecule has 0 fully saturated rings. The summed E-state index contributed by atoms with van der Waals surface area (Å²) in [5.41, 5.74) is 1.55. The molecule has 1 heterocycles. The lowest BCUT2D eigenvalue weighted by atomic mass is 9.91. The smallest absolute Gasteiger partial charge is 0.309 e. The lowest BCUT2D eigenvalue weighted by Crippen LogP contribution is -2.30. The van der Waals surface area contributed by atoms with Crippen molar-refractivity contribution in [2.75, 3.05) is 14.2 Å². The molecule has 1 aliphatic rings. The second-order valence-electron chi connectivity index (χ2n) is 8.10. The lowest BCUT2D eigenvalue weighted by Gasteiger charge is -2.31. The third-order valence-electron chi connectivity index (χ3n) is 4.67. The zero-order chi connectivity index (χ0) is 21.9. The van der Waals surface area contributed by atoms with Crippen molar-refractivity contribution in [2.24, 2.45) is 0 Å². The Bertz CT molecular complexity index is 924. The summed E-state index contributed by atoms with van der Waals surface area (Å²) in [5, 5.41) is 10.9. The van der Waals surface area contributed by atoms with Gasteiger partial charge in [0.1, 0.15) is 17.5 Å². The van der Waals surface area contributed by atoms with Crippen molar-refractivity contribution in [3.8, 4) is 17.2 Å². The van der Waals surface area contributed by atoms with Gasteiger partial charge >= 0.3 is 5.97 Å².